The number of hydrogen-bond acceptors (Lipinski definition) is 3. The van der Waals surface area contributed by atoms with Gasteiger partial charge in [0.25, 0.3) is 0 Å². The third kappa shape index (κ3) is 2.84. The smallest absolute Gasteiger partial charge is 0.183 e. The molecular formula is C13H20Br2N2O. The summed E-state index contributed by atoms with van der Waals surface area (Å²) in [4.78, 5) is 2.48. The van der Waals surface area contributed by atoms with Crippen LogP contribution < -0.4 is 5.73 Å². The summed E-state index contributed by atoms with van der Waals surface area (Å²) in [5.41, 5.74) is 5.97. The maximum atomic E-state index is 5.97. The molecule has 0 saturated carbocycles. The molecule has 1 aromatic rings. The Morgan fingerprint density at radius 2 is 2.22 bits per heavy atom. The zero-order chi connectivity index (χ0) is 13.3. The van der Waals surface area contributed by atoms with E-state index in [9.17, 15) is 0 Å². The SMILES string of the molecule is CC1CCCN(C(CN)c2cc(Br)c(Br)o2)C1C. The van der Waals surface area contributed by atoms with Gasteiger partial charge in [-0.1, -0.05) is 6.92 Å². The highest BCUT2D eigenvalue weighted by Gasteiger charge is 2.32. The fraction of sp³-hybridized carbons (Fsp3) is 0.692. The summed E-state index contributed by atoms with van der Waals surface area (Å²) in [5, 5.41) is 0. The summed E-state index contributed by atoms with van der Waals surface area (Å²) in [7, 11) is 0. The molecular weight excluding hydrogens is 360 g/mol. The number of halogens is 2. The van der Waals surface area contributed by atoms with Crippen molar-refractivity contribution in [3.63, 3.8) is 0 Å². The quantitative estimate of drug-likeness (QED) is 0.865. The lowest BCUT2D eigenvalue weighted by Crippen LogP contribution is -2.46. The molecule has 3 nitrogen and oxygen atoms in total. The minimum absolute atomic E-state index is 0.172. The van der Waals surface area contributed by atoms with Crippen molar-refractivity contribution in [1.82, 2.24) is 4.90 Å². The molecule has 1 aliphatic heterocycles. The molecule has 0 aliphatic carbocycles. The standard InChI is InChI=1S/C13H20Br2N2O/c1-8-4-3-5-17(9(8)2)11(7-16)12-6-10(14)13(15)18-12/h6,8-9,11H,3-5,7,16H2,1-2H3. The van der Waals surface area contributed by atoms with Gasteiger partial charge in [-0.2, -0.15) is 0 Å². The number of piperidine rings is 1. The van der Waals surface area contributed by atoms with Crippen LogP contribution in [0.2, 0.25) is 0 Å². The van der Waals surface area contributed by atoms with E-state index < -0.39 is 0 Å². The van der Waals surface area contributed by atoms with Crippen molar-refractivity contribution < 1.29 is 4.42 Å². The summed E-state index contributed by atoms with van der Waals surface area (Å²) in [6.45, 7) is 6.30. The zero-order valence-corrected chi connectivity index (χ0v) is 14.0. The van der Waals surface area contributed by atoms with Crippen LogP contribution in [0.5, 0.6) is 0 Å². The first kappa shape index (κ1) is 14.6. The molecule has 1 saturated heterocycles. The molecule has 102 valence electrons. The van der Waals surface area contributed by atoms with E-state index in [0.29, 0.717) is 12.6 Å². The molecule has 1 aliphatic rings. The van der Waals surface area contributed by atoms with Crippen molar-refractivity contribution in [3.05, 3.63) is 21.0 Å². The van der Waals surface area contributed by atoms with Crippen molar-refractivity contribution in [1.29, 1.82) is 0 Å². The summed E-state index contributed by atoms with van der Waals surface area (Å²) in [6.07, 6.45) is 2.55. The Bertz CT molecular complexity index is 388. The molecule has 2 N–H and O–H groups in total. The number of rotatable bonds is 3. The van der Waals surface area contributed by atoms with E-state index in [-0.39, 0.29) is 6.04 Å². The zero-order valence-electron chi connectivity index (χ0n) is 10.8. The first-order valence-corrected chi connectivity index (χ1v) is 8.03. The first-order chi connectivity index (χ1) is 8.54. The van der Waals surface area contributed by atoms with E-state index >= 15 is 0 Å². The Morgan fingerprint density at radius 1 is 1.50 bits per heavy atom. The molecule has 0 spiro atoms. The van der Waals surface area contributed by atoms with Gasteiger partial charge in [-0.15, -0.1) is 0 Å². The Labute approximate surface area is 125 Å². The molecule has 5 heteroatoms. The number of nitrogens with zero attached hydrogens (tertiary/aromatic N) is 1. The molecule has 2 rings (SSSR count). The Hall–Kier alpha value is 0.160. The average molecular weight is 380 g/mol. The lowest BCUT2D eigenvalue weighted by atomic mass is 9.90. The van der Waals surface area contributed by atoms with Crippen LogP contribution in [0.15, 0.2) is 19.6 Å². The van der Waals surface area contributed by atoms with E-state index in [1.54, 1.807) is 0 Å². The topological polar surface area (TPSA) is 42.4 Å². The minimum atomic E-state index is 0.172. The van der Waals surface area contributed by atoms with Gasteiger partial charge in [-0.05, 0) is 70.2 Å². The first-order valence-electron chi connectivity index (χ1n) is 6.45. The molecule has 18 heavy (non-hydrogen) atoms. The van der Waals surface area contributed by atoms with Gasteiger partial charge in [-0.3, -0.25) is 4.90 Å². The van der Waals surface area contributed by atoms with Gasteiger partial charge >= 0.3 is 0 Å². The van der Waals surface area contributed by atoms with Crippen LogP contribution in [0.25, 0.3) is 0 Å². The summed E-state index contributed by atoms with van der Waals surface area (Å²) >= 11 is 6.86. The highest BCUT2D eigenvalue weighted by molar-refractivity contribution is 9.13. The van der Waals surface area contributed by atoms with E-state index in [1.165, 1.54) is 12.8 Å². The second-order valence-corrected chi connectivity index (χ2v) is 6.69. The van der Waals surface area contributed by atoms with E-state index in [0.717, 1.165) is 27.4 Å². The van der Waals surface area contributed by atoms with Crippen molar-refractivity contribution in [2.24, 2.45) is 11.7 Å². The van der Waals surface area contributed by atoms with Crippen molar-refractivity contribution in [3.8, 4) is 0 Å². The third-order valence-electron chi connectivity index (χ3n) is 4.04. The van der Waals surface area contributed by atoms with Crippen molar-refractivity contribution in [2.45, 2.75) is 38.8 Å². The monoisotopic (exact) mass is 378 g/mol. The van der Waals surface area contributed by atoms with Gasteiger partial charge < -0.3 is 10.2 Å². The van der Waals surface area contributed by atoms with Crippen LogP contribution in [0.1, 0.15) is 38.5 Å². The van der Waals surface area contributed by atoms with E-state index in [1.807, 2.05) is 6.07 Å². The van der Waals surface area contributed by atoms with Crippen LogP contribution in [-0.4, -0.2) is 24.0 Å². The highest BCUT2D eigenvalue weighted by atomic mass is 79.9. The maximum absolute atomic E-state index is 5.97. The van der Waals surface area contributed by atoms with Crippen LogP contribution in [-0.2, 0) is 0 Å². The number of hydrogen-bond donors (Lipinski definition) is 1. The lowest BCUT2D eigenvalue weighted by Gasteiger charge is -2.41. The molecule has 3 atom stereocenters. The fourth-order valence-electron chi connectivity index (χ4n) is 2.75. The van der Waals surface area contributed by atoms with Gasteiger partial charge in [-0.25, -0.2) is 0 Å². The molecule has 0 bridgehead atoms. The molecule has 3 unspecified atom stereocenters. The van der Waals surface area contributed by atoms with E-state index in [4.69, 9.17) is 10.2 Å². The van der Waals surface area contributed by atoms with Gasteiger partial charge in [0, 0.05) is 12.6 Å². The molecule has 1 aromatic heterocycles. The molecule has 0 amide bonds. The van der Waals surface area contributed by atoms with Gasteiger partial charge in [0.05, 0.1) is 10.5 Å². The number of furan rings is 1. The Balaban J connectivity index is 2.22. The van der Waals surface area contributed by atoms with Gasteiger partial charge in [0.15, 0.2) is 4.67 Å². The predicted octanol–water partition coefficient (Wildman–Crippen LogP) is 3.92. The summed E-state index contributed by atoms with van der Waals surface area (Å²) in [5.74, 6) is 1.66. The fourth-order valence-corrected chi connectivity index (χ4v) is 3.36. The normalized spacial score (nSPS) is 27.4. The van der Waals surface area contributed by atoms with Gasteiger partial charge in [0.2, 0.25) is 0 Å². The number of nitrogens with two attached hydrogens (primary N) is 1. The van der Waals surface area contributed by atoms with Crippen molar-refractivity contribution >= 4 is 31.9 Å². The van der Waals surface area contributed by atoms with Crippen LogP contribution >= 0.6 is 31.9 Å². The highest BCUT2D eigenvalue weighted by Crippen LogP contribution is 2.35. The molecule has 1 fully saturated rings. The summed E-state index contributed by atoms with van der Waals surface area (Å²) in [6, 6.07) is 2.74. The molecule has 0 radical (unpaired) electrons. The number of likely N-dealkylation sites (tertiary alicyclic amines) is 1. The maximum Gasteiger partial charge on any atom is 0.183 e. The van der Waals surface area contributed by atoms with E-state index in [2.05, 4.69) is 50.6 Å². The second kappa shape index (κ2) is 6.07. The third-order valence-corrected chi connectivity index (χ3v) is 5.75. The predicted molar refractivity (Wildman–Crippen MR) is 80.5 cm³/mol. The average Bonchev–Trinajstić information content (AvgIpc) is 2.66. The lowest BCUT2D eigenvalue weighted by molar-refractivity contribution is 0.0609. The molecule has 0 aromatic carbocycles. The largest absolute Gasteiger partial charge is 0.451 e. The summed E-state index contributed by atoms with van der Waals surface area (Å²) < 4.78 is 7.45. The Kier molecular flexibility index (Phi) is 4.92. The van der Waals surface area contributed by atoms with Crippen LogP contribution in [0, 0.1) is 5.92 Å². The second-order valence-electron chi connectivity index (χ2n) is 5.12. The molecule has 2 heterocycles. The van der Waals surface area contributed by atoms with Crippen LogP contribution in [0.3, 0.4) is 0 Å². The minimum Gasteiger partial charge on any atom is -0.451 e. The van der Waals surface area contributed by atoms with Crippen molar-refractivity contribution in [2.75, 3.05) is 13.1 Å². The van der Waals surface area contributed by atoms with Crippen LogP contribution in [0.4, 0.5) is 0 Å². The Morgan fingerprint density at radius 3 is 2.78 bits per heavy atom. The van der Waals surface area contributed by atoms with Gasteiger partial charge in [0.1, 0.15) is 5.76 Å².